The smallest absolute Gasteiger partial charge is 0.317 e. The molecule has 0 aliphatic carbocycles. The summed E-state index contributed by atoms with van der Waals surface area (Å²) in [5.74, 6) is 0.0313. The van der Waals surface area contributed by atoms with Crippen LogP contribution in [-0.2, 0) is 0 Å². The summed E-state index contributed by atoms with van der Waals surface area (Å²) in [5, 5.41) is 11.4. The highest BCUT2D eigenvalue weighted by Crippen LogP contribution is 2.29. The van der Waals surface area contributed by atoms with Gasteiger partial charge in [0.2, 0.25) is 0 Å². The molecule has 0 aromatic heterocycles. The van der Waals surface area contributed by atoms with Crippen LogP contribution < -0.4 is 5.32 Å². The maximum absolute atomic E-state index is 13.2. The lowest BCUT2D eigenvalue weighted by molar-refractivity contribution is 0.176. The molecule has 4 nitrogen and oxygen atoms in total. The van der Waals surface area contributed by atoms with Gasteiger partial charge in [-0.15, -0.1) is 0 Å². The quantitative estimate of drug-likeness (QED) is 0.890. The van der Waals surface area contributed by atoms with Gasteiger partial charge in [0.1, 0.15) is 5.82 Å². The lowest BCUT2D eigenvalue weighted by Crippen LogP contribution is -2.45. The number of urea groups is 1. The zero-order chi connectivity index (χ0) is 14.5. The Morgan fingerprint density at radius 1 is 1.55 bits per heavy atom. The minimum atomic E-state index is -0.223. The first-order chi connectivity index (χ1) is 9.61. The van der Waals surface area contributed by atoms with Crippen LogP contribution in [-0.4, -0.2) is 42.3 Å². The molecular formula is C15H21FN2O2. The van der Waals surface area contributed by atoms with E-state index in [-0.39, 0.29) is 30.9 Å². The lowest BCUT2D eigenvalue weighted by atomic mass is 9.88. The van der Waals surface area contributed by atoms with Gasteiger partial charge in [0.05, 0.1) is 6.61 Å². The van der Waals surface area contributed by atoms with E-state index < -0.39 is 0 Å². The number of carbonyl (C=O) groups excluding carboxylic acids is 1. The van der Waals surface area contributed by atoms with Crippen LogP contribution in [0.4, 0.5) is 9.18 Å². The standard InChI is InChI=1S/C15H21FN2O2/c1-11-9-13(16)4-5-14(11)12-3-2-7-18(10-12)15(20)17-6-8-19/h4-5,9,12,19H,2-3,6-8,10H2,1H3,(H,17,20)/t12-/m1/s1. The summed E-state index contributed by atoms with van der Waals surface area (Å²) >= 11 is 0. The number of likely N-dealkylation sites (tertiary alicyclic amines) is 1. The van der Waals surface area contributed by atoms with Crippen LogP contribution in [0.2, 0.25) is 0 Å². The van der Waals surface area contributed by atoms with Crippen molar-refractivity contribution in [1.29, 1.82) is 0 Å². The van der Waals surface area contributed by atoms with E-state index in [1.807, 2.05) is 13.0 Å². The Morgan fingerprint density at radius 3 is 3.05 bits per heavy atom. The summed E-state index contributed by atoms with van der Waals surface area (Å²) in [7, 11) is 0. The van der Waals surface area contributed by atoms with Crippen molar-refractivity contribution in [2.45, 2.75) is 25.7 Å². The van der Waals surface area contributed by atoms with Gasteiger partial charge in [-0.3, -0.25) is 0 Å². The molecule has 0 radical (unpaired) electrons. The number of halogens is 1. The number of amides is 2. The molecule has 1 aromatic carbocycles. The van der Waals surface area contributed by atoms with Crippen molar-refractivity contribution < 1.29 is 14.3 Å². The van der Waals surface area contributed by atoms with Gasteiger partial charge in [-0.1, -0.05) is 6.07 Å². The van der Waals surface area contributed by atoms with Crippen molar-refractivity contribution >= 4 is 6.03 Å². The number of rotatable bonds is 3. The number of aryl methyl sites for hydroxylation is 1. The average molecular weight is 280 g/mol. The molecule has 0 bridgehead atoms. The largest absolute Gasteiger partial charge is 0.395 e. The summed E-state index contributed by atoms with van der Waals surface area (Å²) < 4.78 is 13.2. The van der Waals surface area contributed by atoms with E-state index >= 15 is 0 Å². The normalized spacial score (nSPS) is 18.9. The fraction of sp³-hybridized carbons (Fsp3) is 0.533. The second kappa shape index (κ2) is 6.70. The van der Waals surface area contributed by atoms with Crippen molar-refractivity contribution in [2.75, 3.05) is 26.2 Å². The number of carbonyl (C=O) groups is 1. The number of aliphatic hydroxyl groups excluding tert-OH is 1. The Hall–Kier alpha value is -1.62. The second-order valence-corrected chi connectivity index (χ2v) is 5.24. The molecule has 0 spiro atoms. The summed E-state index contributed by atoms with van der Waals surface area (Å²) in [6.07, 6.45) is 1.95. The van der Waals surface area contributed by atoms with Crippen molar-refractivity contribution in [3.05, 3.63) is 35.1 Å². The predicted octanol–water partition coefficient (Wildman–Crippen LogP) is 2.02. The highest BCUT2D eigenvalue weighted by Gasteiger charge is 2.25. The minimum absolute atomic E-state index is 0.0555. The lowest BCUT2D eigenvalue weighted by Gasteiger charge is -2.33. The van der Waals surface area contributed by atoms with Gasteiger partial charge in [-0.05, 0) is 43.0 Å². The van der Waals surface area contributed by atoms with Crippen molar-refractivity contribution in [3.8, 4) is 0 Å². The third-order valence-electron chi connectivity index (χ3n) is 3.77. The number of nitrogens with zero attached hydrogens (tertiary/aromatic N) is 1. The minimum Gasteiger partial charge on any atom is -0.395 e. The van der Waals surface area contributed by atoms with E-state index in [0.717, 1.165) is 30.5 Å². The monoisotopic (exact) mass is 280 g/mol. The summed E-state index contributed by atoms with van der Waals surface area (Å²) in [5.41, 5.74) is 2.05. The maximum Gasteiger partial charge on any atom is 0.317 e. The van der Waals surface area contributed by atoms with Gasteiger partial charge in [-0.25, -0.2) is 9.18 Å². The van der Waals surface area contributed by atoms with E-state index in [1.54, 1.807) is 11.0 Å². The molecular weight excluding hydrogens is 259 g/mol. The first-order valence-electron chi connectivity index (χ1n) is 7.01. The molecule has 1 aromatic rings. The number of piperidine rings is 1. The average Bonchev–Trinajstić information content (AvgIpc) is 2.45. The maximum atomic E-state index is 13.2. The van der Waals surface area contributed by atoms with Crippen LogP contribution in [0.1, 0.15) is 29.9 Å². The van der Waals surface area contributed by atoms with Gasteiger partial charge in [0.25, 0.3) is 0 Å². The molecule has 110 valence electrons. The van der Waals surface area contributed by atoms with Crippen molar-refractivity contribution in [1.82, 2.24) is 10.2 Å². The van der Waals surface area contributed by atoms with Gasteiger partial charge < -0.3 is 15.3 Å². The molecule has 0 unspecified atom stereocenters. The van der Waals surface area contributed by atoms with Gasteiger partial charge in [0, 0.05) is 25.6 Å². The van der Waals surface area contributed by atoms with Crippen LogP contribution in [0.15, 0.2) is 18.2 Å². The third-order valence-corrected chi connectivity index (χ3v) is 3.77. The Bertz CT molecular complexity index is 479. The zero-order valence-corrected chi connectivity index (χ0v) is 11.7. The van der Waals surface area contributed by atoms with Gasteiger partial charge in [-0.2, -0.15) is 0 Å². The van der Waals surface area contributed by atoms with E-state index in [4.69, 9.17) is 5.11 Å². The predicted molar refractivity (Wildman–Crippen MR) is 75.2 cm³/mol. The van der Waals surface area contributed by atoms with Gasteiger partial charge >= 0.3 is 6.03 Å². The van der Waals surface area contributed by atoms with Crippen LogP contribution in [0.5, 0.6) is 0 Å². The van der Waals surface area contributed by atoms with Crippen LogP contribution >= 0.6 is 0 Å². The molecule has 2 rings (SSSR count). The SMILES string of the molecule is Cc1cc(F)ccc1[C@@H]1CCCN(C(=O)NCCO)C1. The summed E-state index contributed by atoms with van der Waals surface area (Å²) in [6, 6.07) is 4.71. The molecule has 1 saturated heterocycles. The van der Waals surface area contributed by atoms with Crippen molar-refractivity contribution in [2.24, 2.45) is 0 Å². The number of hydrogen-bond donors (Lipinski definition) is 2. The number of hydrogen-bond acceptors (Lipinski definition) is 2. The molecule has 0 saturated carbocycles. The first-order valence-corrected chi connectivity index (χ1v) is 7.01. The molecule has 20 heavy (non-hydrogen) atoms. The zero-order valence-electron chi connectivity index (χ0n) is 11.7. The van der Waals surface area contributed by atoms with E-state index in [2.05, 4.69) is 5.32 Å². The summed E-state index contributed by atoms with van der Waals surface area (Å²) in [4.78, 5) is 13.7. The highest BCUT2D eigenvalue weighted by molar-refractivity contribution is 5.74. The van der Waals surface area contributed by atoms with Crippen LogP contribution in [0.3, 0.4) is 0 Å². The Kier molecular flexibility index (Phi) is 4.95. The number of benzene rings is 1. The molecule has 1 heterocycles. The van der Waals surface area contributed by atoms with E-state index in [9.17, 15) is 9.18 Å². The van der Waals surface area contributed by atoms with Crippen LogP contribution in [0.25, 0.3) is 0 Å². The van der Waals surface area contributed by atoms with Crippen LogP contribution in [0, 0.1) is 12.7 Å². The van der Waals surface area contributed by atoms with Gasteiger partial charge in [0.15, 0.2) is 0 Å². The Labute approximate surface area is 118 Å². The Balaban J connectivity index is 2.04. The molecule has 1 atom stereocenters. The second-order valence-electron chi connectivity index (χ2n) is 5.24. The molecule has 2 amide bonds. The molecule has 1 fully saturated rings. The highest BCUT2D eigenvalue weighted by atomic mass is 19.1. The number of aliphatic hydroxyl groups is 1. The Morgan fingerprint density at radius 2 is 2.35 bits per heavy atom. The van der Waals surface area contributed by atoms with E-state index in [0.29, 0.717) is 6.54 Å². The molecule has 1 aliphatic rings. The topological polar surface area (TPSA) is 52.6 Å². The molecule has 1 aliphatic heterocycles. The van der Waals surface area contributed by atoms with E-state index in [1.165, 1.54) is 6.07 Å². The fourth-order valence-electron chi connectivity index (χ4n) is 2.79. The first kappa shape index (κ1) is 14.8. The number of nitrogens with one attached hydrogen (secondary N) is 1. The fourth-order valence-corrected chi connectivity index (χ4v) is 2.79. The molecule has 2 N–H and O–H groups in total. The van der Waals surface area contributed by atoms with Crippen molar-refractivity contribution in [3.63, 3.8) is 0 Å². The molecule has 5 heteroatoms. The third kappa shape index (κ3) is 3.48. The summed E-state index contributed by atoms with van der Waals surface area (Å²) in [6.45, 7) is 3.50.